The van der Waals surface area contributed by atoms with Crippen molar-refractivity contribution in [2.24, 2.45) is 5.16 Å². The topological polar surface area (TPSA) is 65.9 Å². The molecule has 0 spiro atoms. The van der Waals surface area contributed by atoms with Crippen molar-refractivity contribution in [1.29, 1.82) is 0 Å². The van der Waals surface area contributed by atoms with Gasteiger partial charge in [0, 0.05) is 34.0 Å². The summed E-state index contributed by atoms with van der Waals surface area (Å²) in [6.07, 6.45) is -12.8. The number of nitrogens with zero attached hydrogens (tertiary/aromatic N) is 1. The summed E-state index contributed by atoms with van der Waals surface area (Å²) >= 11 is 17.9. The Labute approximate surface area is 210 Å². The van der Waals surface area contributed by atoms with Crippen molar-refractivity contribution in [3.8, 4) is 0 Å². The number of halogens is 9. The van der Waals surface area contributed by atoms with Crippen molar-refractivity contribution in [2.45, 2.75) is 49.9 Å². The van der Waals surface area contributed by atoms with E-state index in [4.69, 9.17) is 39.6 Å². The number of aliphatic hydroxyl groups excluding tert-OH is 1. The summed E-state index contributed by atoms with van der Waals surface area (Å²) in [5, 5.41) is 13.6. The van der Waals surface area contributed by atoms with Crippen LogP contribution < -0.4 is 10.9 Å². The summed E-state index contributed by atoms with van der Waals surface area (Å²) in [5.74, 6) is 0. The molecule has 3 N–H and O–H groups in total. The van der Waals surface area contributed by atoms with Gasteiger partial charge in [-0.15, -0.1) is 0 Å². The van der Waals surface area contributed by atoms with E-state index in [9.17, 15) is 31.4 Å². The van der Waals surface area contributed by atoms with Gasteiger partial charge in [0.05, 0.1) is 16.4 Å². The van der Waals surface area contributed by atoms with Gasteiger partial charge in [-0.3, -0.25) is 0 Å². The fraction of sp³-hybridized carbons (Fsp3) is 0.381. The molecule has 5 nitrogen and oxygen atoms in total. The highest BCUT2D eigenvalue weighted by Gasteiger charge is 2.62. The van der Waals surface area contributed by atoms with Crippen LogP contribution in [0.15, 0.2) is 41.6 Å². The summed E-state index contributed by atoms with van der Waals surface area (Å²) < 4.78 is 79.2. The van der Waals surface area contributed by atoms with E-state index in [1.54, 1.807) is 0 Å². The van der Waals surface area contributed by atoms with Crippen LogP contribution >= 0.6 is 34.8 Å². The molecule has 2 atom stereocenters. The van der Waals surface area contributed by atoms with Crippen molar-refractivity contribution in [3.63, 3.8) is 0 Å². The van der Waals surface area contributed by atoms with Gasteiger partial charge in [0.25, 0.3) is 5.60 Å². The fourth-order valence-electron chi connectivity index (χ4n) is 3.38. The predicted molar refractivity (Wildman–Crippen MR) is 121 cm³/mol. The van der Waals surface area contributed by atoms with Gasteiger partial charge < -0.3 is 15.4 Å². The first kappa shape index (κ1) is 27.7. The second kappa shape index (κ2) is 10.6. The number of hydrogen-bond acceptors (Lipinski definition) is 5. The monoisotopic (exact) mass is 563 g/mol. The molecule has 0 amide bonds. The first-order valence-corrected chi connectivity index (χ1v) is 11.2. The second-order valence-electron chi connectivity index (χ2n) is 7.78. The third kappa shape index (κ3) is 6.85. The molecule has 0 saturated heterocycles. The maximum Gasteiger partial charge on any atom is 0.435 e. The molecule has 2 aromatic carbocycles. The van der Waals surface area contributed by atoms with Crippen molar-refractivity contribution in [2.75, 3.05) is 5.43 Å². The molecule has 0 aliphatic carbocycles. The van der Waals surface area contributed by atoms with Gasteiger partial charge in [-0.25, -0.2) is 5.43 Å². The summed E-state index contributed by atoms with van der Waals surface area (Å²) in [6.45, 7) is 0. The number of aliphatic hydroxyl groups is 1. The lowest BCUT2D eigenvalue weighted by Gasteiger charge is -2.29. The van der Waals surface area contributed by atoms with Crippen LogP contribution in [-0.4, -0.2) is 29.4 Å². The first-order chi connectivity index (χ1) is 16.2. The summed E-state index contributed by atoms with van der Waals surface area (Å²) in [6, 6.07) is 7.64. The molecule has 0 fully saturated rings. The molecule has 1 aliphatic rings. The normalized spacial score (nSPS) is 19.3. The Hall–Kier alpha value is -1.92. The zero-order valence-electron chi connectivity index (χ0n) is 17.6. The number of rotatable bonds is 8. The van der Waals surface area contributed by atoms with Gasteiger partial charge in [0.2, 0.25) is 0 Å². The predicted octanol–water partition coefficient (Wildman–Crippen LogP) is 7.20. The minimum absolute atomic E-state index is 0.00831. The molecule has 0 saturated carbocycles. The summed E-state index contributed by atoms with van der Waals surface area (Å²) in [4.78, 5) is 4.95. The molecule has 1 aliphatic heterocycles. The third-order valence-electron chi connectivity index (χ3n) is 5.13. The van der Waals surface area contributed by atoms with E-state index >= 15 is 0 Å². The Balaban J connectivity index is 1.76. The molecular weight excluding hydrogens is 547 g/mol. The number of benzene rings is 2. The molecule has 35 heavy (non-hydrogen) atoms. The minimum Gasteiger partial charge on any atom is -0.377 e. The largest absolute Gasteiger partial charge is 0.435 e. The summed E-state index contributed by atoms with van der Waals surface area (Å²) in [5.41, 5.74) is 2.13. The van der Waals surface area contributed by atoms with Gasteiger partial charge in [-0.2, -0.15) is 26.3 Å². The van der Waals surface area contributed by atoms with Crippen molar-refractivity contribution in [3.05, 3.63) is 62.6 Å². The van der Waals surface area contributed by atoms with E-state index in [1.807, 2.05) is 0 Å². The molecule has 0 bridgehead atoms. The van der Waals surface area contributed by atoms with E-state index in [0.717, 1.165) is 12.1 Å². The average molecular weight is 565 g/mol. The fourth-order valence-corrected chi connectivity index (χ4v) is 4.07. The van der Waals surface area contributed by atoms with Crippen molar-refractivity contribution in [1.82, 2.24) is 5.43 Å². The second-order valence-corrected chi connectivity index (χ2v) is 9.06. The van der Waals surface area contributed by atoms with Crippen LogP contribution in [0.1, 0.15) is 36.8 Å². The average Bonchev–Trinajstić information content (AvgIpc) is 3.18. The van der Waals surface area contributed by atoms with E-state index in [2.05, 4.69) is 16.0 Å². The van der Waals surface area contributed by atoms with E-state index in [1.165, 1.54) is 24.3 Å². The van der Waals surface area contributed by atoms with Crippen molar-refractivity contribution >= 4 is 46.2 Å². The van der Waals surface area contributed by atoms with E-state index in [0.29, 0.717) is 0 Å². The lowest BCUT2D eigenvalue weighted by molar-refractivity contribution is -0.275. The molecule has 2 aromatic rings. The van der Waals surface area contributed by atoms with Crippen LogP contribution in [0.3, 0.4) is 0 Å². The zero-order chi connectivity index (χ0) is 26.0. The molecule has 2 unspecified atom stereocenters. The Kier molecular flexibility index (Phi) is 8.37. The number of nitrogens with one attached hydrogen (secondary N) is 2. The maximum atomic E-state index is 14.2. The highest BCUT2D eigenvalue weighted by atomic mass is 35.5. The molecule has 14 heteroatoms. The Morgan fingerprint density at radius 2 is 1.69 bits per heavy atom. The maximum absolute atomic E-state index is 14.2. The van der Waals surface area contributed by atoms with Crippen LogP contribution in [0.25, 0.3) is 0 Å². The molecule has 192 valence electrons. The van der Waals surface area contributed by atoms with Gasteiger partial charge in [-0.05, 0) is 43.2 Å². The first-order valence-electron chi connectivity index (χ1n) is 10.0. The van der Waals surface area contributed by atoms with E-state index in [-0.39, 0.29) is 50.4 Å². The number of oxime groups is 1. The zero-order valence-corrected chi connectivity index (χ0v) is 19.8. The van der Waals surface area contributed by atoms with Crippen LogP contribution in [0.5, 0.6) is 0 Å². The highest BCUT2D eigenvalue weighted by Crippen LogP contribution is 2.49. The smallest absolute Gasteiger partial charge is 0.377 e. The highest BCUT2D eigenvalue weighted by molar-refractivity contribution is 6.34. The molecule has 3 rings (SSSR count). The number of alkyl halides is 6. The third-order valence-corrected chi connectivity index (χ3v) is 5.89. The lowest BCUT2D eigenvalue weighted by Crippen LogP contribution is -2.42. The van der Waals surface area contributed by atoms with Gasteiger partial charge >= 0.3 is 12.4 Å². The SMILES string of the molecule is OC(CCCC(F)(F)F)NNc1cc(C2=NOC(c3cc(Cl)cc(Cl)c3)(C(F)(F)F)C2)ccc1Cl. The van der Waals surface area contributed by atoms with Crippen LogP contribution in [-0.2, 0) is 10.4 Å². The molecule has 1 heterocycles. The lowest BCUT2D eigenvalue weighted by atomic mass is 9.86. The van der Waals surface area contributed by atoms with Gasteiger partial charge in [-0.1, -0.05) is 46.0 Å². The van der Waals surface area contributed by atoms with E-state index < -0.39 is 37.0 Å². The molecular formula is C21H18Cl3F6N3O2. The summed E-state index contributed by atoms with van der Waals surface area (Å²) in [7, 11) is 0. The quantitative estimate of drug-likeness (QED) is 0.180. The van der Waals surface area contributed by atoms with Crippen LogP contribution in [0.2, 0.25) is 15.1 Å². The van der Waals surface area contributed by atoms with Gasteiger partial charge in [0.1, 0.15) is 6.23 Å². The number of hydrogen-bond donors (Lipinski definition) is 3. The van der Waals surface area contributed by atoms with Crippen LogP contribution in [0, 0.1) is 0 Å². The molecule has 0 aromatic heterocycles. The standard InChI is InChI=1S/C21H18Cl3F6N3O2/c22-13-7-12(8-14(23)9-13)19(21(28,29)30)10-17(33-35-19)11-3-4-15(24)16(6-11)31-32-18(34)2-1-5-20(25,26)27/h3-4,6-9,18,31-32,34H,1-2,5,10H2. The van der Waals surface area contributed by atoms with Gasteiger partial charge in [0.15, 0.2) is 0 Å². The number of hydrazine groups is 1. The Bertz CT molecular complexity index is 1080. The molecule has 0 radical (unpaired) electrons. The Morgan fingerprint density at radius 3 is 2.29 bits per heavy atom. The Morgan fingerprint density at radius 1 is 1.03 bits per heavy atom. The number of anilines is 1. The van der Waals surface area contributed by atoms with Crippen LogP contribution in [0.4, 0.5) is 32.0 Å². The van der Waals surface area contributed by atoms with Crippen molar-refractivity contribution < 1.29 is 36.3 Å². The minimum atomic E-state index is -4.87.